The molecule has 3 N–H and O–H groups in total. The van der Waals surface area contributed by atoms with Gasteiger partial charge in [0, 0.05) is 18.2 Å². The number of rotatable bonds is 17. The van der Waals surface area contributed by atoms with Gasteiger partial charge in [0.15, 0.2) is 28.7 Å². The van der Waals surface area contributed by atoms with Gasteiger partial charge in [-0.2, -0.15) is 0 Å². The summed E-state index contributed by atoms with van der Waals surface area (Å²) < 4.78 is 27.9. The zero-order chi connectivity index (χ0) is 39.8. The number of carbonyl (C=O) groups excluding carboxylic acids is 2. The van der Waals surface area contributed by atoms with E-state index in [1.54, 1.807) is 74.4 Å². The summed E-state index contributed by atoms with van der Waals surface area (Å²) >= 11 is 0. The predicted octanol–water partition coefficient (Wildman–Crippen LogP) is 6.56. The number of carbonyl (C=O) groups is 2. The number of hydrogen-bond donors (Lipinski definition) is 3. The molecule has 4 aromatic rings. The Labute approximate surface area is 313 Å². The fourth-order valence-corrected chi connectivity index (χ4v) is 4.93. The Hall–Kier alpha value is -5.67. The van der Waals surface area contributed by atoms with Gasteiger partial charge in [-0.3, -0.25) is 0 Å². The molecular weight excluding hydrogens is 702 g/mol. The SMILES string of the molecule is CCOOCC(C)(C)Oc1ccc(-c2nc(-c3ccc(OC(C)(C)C(=O)OCC)cc3O)nc(-c3ccc(OC(C)(C)C(=O)OCC)cc3O)n2)c(O)c1. The maximum Gasteiger partial charge on any atom is 0.349 e. The highest BCUT2D eigenvalue weighted by molar-refractivity contribution is 5.80. The number of nitrogens with zero attached hydrogens (tertiary/aromatic N) is 3. The van der Waals surface area contributed by atoms with Crippen molar-refractivity contribution in [3.05, 3.63) is 54.6 Å². The summed E-state index contributed by atoms with van der Waals surface area (Å²) in [5.41, 5.74) is -3.04. The number of benzene rings is 3. The van der Waals surface area contributed by atoms with Gasteiger partial charge in [-0.1, -0.05) is 0 Å². The first-order valence-electron chi connectivity index (χ1n) is 17.3. The molecule has 0 fully saturated rings. The van der Waals surface area contributed by atoms with E-state index in [2.05, 4.69) is 15.0 Å². The summed E-state index contributed by atoms with van der Waals surface area (Å²) in [5.74, 6) is -1.39. The van der Waals surface area contributed by atoms with Gasteiger partial charge >= 0.3 is 11.9 Å². The molecule has 1 aromatic heterocycles. The molecule has 0 spiro atoms. The van der Waals surface area contributed by atoms with Crippen LogP contribution in [-0.4, -0.2) is 85.4 Å². The molecule has 0 amide bonds. The molecule has 15 heteroatoms. The van der Waals surface area contributed by atoms with Crippen LogP contribution in [0.4, 0.5) is 0 Å². The lowest BCUT2D eigenvalue weighted by Gasteiger charge is -2.25. The van der Waals surface area contributed by atoms with Crippen LogP contribution in [0.2, 0.25) is 0 Å². The standard InChI is InChI=1S/C39H47N3O12/c1-10-48-35(46)38(6,7)53-24-14-17-27(30(44)20-24)33-40-32(26-16-13-23(19-29(26)43)52-37(4,5)22-51-50-12-3)41-34(42-33)28-18-15-25(21-31(28)45)54-39(8,9)36(47)49-11-2/h13-21,43-45H,10-12,22H2,1-9H3. The lowest BCUT2D eigenvalue weighted by molar-refractivity contribution is -0.308. The zero-order valence-corrected chi connectivity index (χ0v) is 31.9. The first kappa shape index (κ1) is 41.1. The molecule has 54 heavy (non-hydrogen) atoms. The van der Waals surface area contributed by atoms with E-state index in [9.17, 15) is 24.9 Å². The van der Waals surface area contributed by atoms with Crippen LogP contribution in [0, 0.1) is 0 Å². The van der Waals surface area contributed by atoms with Gasteiger partial charge in [-0.25, -0.2) is 34.3 Å². The third kappa shape index (κ3) is 10.3. The summed E-state index contributed by atoms with van der Waals surface area (Å²) in [6.45, 7) is 15.7. The average Bonchev–Trinajstić information content (AvgIpc) is 3.08. The normalized spacial score (nSPS) is 11.9. The Bertz CT molecular complexity index is 1860. The Balaban J connectivity index is 1.78. The van der Waals surface area contributed by atoms with Crippen molar-refractivity contribution in [2.45, 2.75) is 79.1 Å². The molecule has 0 saturated carbocycles. The van der Waals surface area contributed by atoms with Crippen molar-refractivity contribution in [2.75, 3.05) is 26.4 Å². The molecule has 0 aliphatic heterocycles. The summed E-state index contributed by atoms with van der Waals surface area (Å²) in [4.78, 5) is 48.7. The number of ether oxygens (including phenoxy) is 5. The molecule has 0 saturated heterocycles. The van der Waals surface area contributed by atoms with E-state index in [1.165, 1.54) is 42.5 Å². The van der Waals surface area contributed by atoms with Crippen molar-refractivity contribution in [2.24, 2.45) is 0 Å². The van der Waals surface area contributed by atoms with Gasteiger partial charge in [0.25, 0.3) is 0 Å². The zero-order valence-electron chi connectivity index (χ0n) is 31.9. The van der Waals surface area contributed by atoms with Crippen molar-refractivity contribution in [1.29, 1.82) is 0 Å². The lowest BCUT2D eigenvalue weighted by atomic mass is 10.1. The van der Waals surface area contributed by atoms with Crippen molar-refractivity contribution in [3.8, 4) is 68.7 Å². The number of aromatic nitrogens is 3. The maximum atomic E-state index is 12.4. The molecule has 0 aliphatic rings. The van der Waals surface area contributed by atoms with Crippen molar-refractivity contribution in [3.63, 3.8) is 0 Å². The van der Waals surface area contributed by atoms with Crippen LogP contribution >= 0.6 is 0 Å². The Kier molecular flexibility index (Phi) is 12.9. The Morgan fingerprint density at radius 1 is 0.537 bits per heavy atom. The summed E-state index contributed by atoms with van der Waals surface area (Å²) in [7, 11) is 0. The molecule has 0 radical (unpaired) electrons. The van der Waals surface area contributed by atoms with Gasteiger partial charge in [-0.15, -0.1) is 0 Å². The smallest absolute Gasteiger partial charge is 0.349 e. The van der Waals surface area contributed by atoms with Gasteiger partial charge in [-0.05, 0) is 98.7 Å². The van der Waals surface area contributed by atoms with E-state index in [-0.39, 0.29) is 82.7 Å². The minimum Gasteiger partial charge on any atom is -0.507 e. The number of phenolic OH excluding ortho intramolecular Hbond substituents is 3. The number of esters is 2. The van der Waals surface area contributed by atoms with Gasteiger partial charge in [0.1, 0.15) is 46.7 Å². The molecule has 4 rings (SSSR count). The highest BCUT2D eigenvalue weighted by atomic mass is 17.2. The van der Waals surface area contributed by atoms with Crippen molar-refractivity contribution in [1.82, 2.24) is 15.0 Å². The van der Waals surface area contributed by atoms with E-state index in [1.807, 2.05) is 0 Å². The lowest BCUT2D eigenvalue weighted by Crippen LogP contribution is -2.39. The second-order valence-electron chi connectivity index (χ2n) is 13.5. The monoisotopic (exact) mass is 749 g/mol. The van der Waals surface area contributed by atoms with E-state index < -0.39 is 28.7 Å². The fraction of sp³-hybridized carbons (Fsp3) is 0.410. The first-order chi connectivity index (χ1) is 25.4. The molecular formula is C39H47N3O12. The third-order valence-corrected chi connectivity index (χ3v) is 7.55. The van der Waals surface area contributed by atoms with Crippen molar-refractivity contribution < 1.29 is 58.4 Å². The minimum atomic E-state index is -1.35. The summed E-state index contributed by atoms with van der Waals surface area (Å²) in [6.07, 6.45) is 0. The fourth-order valence-electron chi connectivity index (χ4n) is 4.93. The quantitative estimate of drug-likeness (QED) is 0.0454. The molecule has 0 bridgehead atoms. The highest BCUT2D eigenvalue weighted by Gasteiger charge is 2.33. The molecule has 1 heterocycles. The molecule has 290 valence electrons. The van der Waals surface area contributed by atoms with Crippen LogP contribution < -0.4 is 14.2 Å². The first-order valence-corrected chi connectivity index (χ1v) is 17.3. The number of hydrogen-bond acceptors (Lipinski definition) is 15. The summed E-state index contributed by atoms with van der Waals surface area (Å²) in [5, 5.41) is 33.6. The van der Waals surface area contributed by atoms with E-state index in [0.717, 1.165) is 0 Å². The Morgan fingerprint density at radius 3 is 1.20 bits per heavy atom. The topological polar surface area (TPSA) is 198 Å². The molecule has 0 unspecified atom stereocenters. The van der Waals surface area contributed by atoms with E-state index in [0.29, 0.717) is 12.4 Å². The largest absolute Gasteiger partial charge is 0.507 e. The van der Waals surface area contributed by atoms with Crippen LogP contribution in [0.5, 0.6) is 34.5 Å². The van der Waals surface area contributed by atoms with Gasteiger partial charge in [0.2, 0.25) is 0 Å². The van der Waals surface area contributed by atoms with Crippen LogP contribution in [0.3, 0.4) is 0 Å². The second kappa shape index (κ2) is 17.0. The van der Waals surface area contributed by atoms with E-state index in [4.69, 9.17) is 33.5 Å². The molecule has 3 aromatic carbocycles. The van der Waals surface area contributed by atoms with Crippen LogP contribution in [0.15, 0.2) is 54.6 Å². The third-order valence-electron chi connectivity index (χ3n) is 7.55. The molecule has 15 nitrogen and oxygen atoms in total. The predicted molar refractivity (Wildman–Crippen MR) is 196 cm³/mol. The molecule has 0 atom stereocenters. The average molecular weight is 750 g/mol. The second-order valence-corrected chi connectivity index (χ2v) is 13.5. The summed E-state index contributed by atoms with van der Waals surface area (Å²) in [6, 6.07) is 13.2. The highest BCUT2D eigenvalue weighted by Crippen LogP contribution is 2.39. The van der Waals surface area contributed by atoms with Crippen LogP contribution in [0.1, 0.15) is 62.3 Å². The number of phenols is 3. The maximum absolute atomic E-state index is 12.4. The molecule has 0 aliphatic carbocycles. The van der Waals surface area contributed by atoms with Gasteiger partial charge < -0.3 is 39.0 Å². The van der Waals surface area contributed by atoms with Crippen LogP contribution in [-0.2, 0) is 28.8 Å². The Morgan fingerprint density at radius 2 is 0.889 bits per heavy atom. The van der Waals surface area contributed by atoms with Gasteiger partial charge in [0.05, 0.1) is 36.5 Å². The number of aromatic hydroxyl groups is 3. The van der Waals surface area contributed by atoms with Crippen LogP contribution in [0.25, 0.3) is 34.2 Å². The van der Waals surface area contributed by atoms with Crippen molar-refractivity contribution >= 4 is 11.9 Å². The van der Waals surface area contributed by atoms with E-state index >= 15 is 0 Å². The minimum absolute atomic E-state index is 0.00988.